The Balaban J connectivity index is 1.41. The summed E-state index contributed by atoms with van der Waals surface area (Å²) < 4.78 is 17.7. The van der Waals surface area contributed by atoms with Gasteiger partial charge in [-0.2, -0.15) is 0 Å². The number of carbonyl (C=O) groups excluding carboxylic acids is 11. The lowest BCUT2D eigenvalue weighted by atomic mass is 9.89. The number of aliphatic hydroxyl groups is 1. The minimum atomic E-state index is -1.41. The van der Waals surface area contributed by atoms with Crippen LogP contribution in [0.4, 0.5) is 15.3 Å². The quantitative estimate of drug-likeness (QED) is 0.0354. The number of carbonyl (C=O) groups is 11. The van der Waals surface area contributed by atoms with Gasteiger partial charge in [0.05, 0.1) is 48.8 Å². The number of hydrogen-bond acceptors (Lipinski definition) is 16. The lowest BCUT2D eigenvalue weighted by Gasteiger charge is -2.41. The van der Waals surface area contributed by atoms with Gasteiger partial charge < -0.3 is 72.5 Å². The molecule has 0 radical (unpaired) electrons. The van der Waals surface area contributed by atoms with Crippen molar-refractivity contribution < 1.29 is 72.1 Å². The van der Waals surface area contributed by atoms with Crippen LogP contribution >= 0.6 is 0 Å². The number of ether oxygens (including phenoxy) is 3. The predicted octanol–water partition coefficient (Wildman–Crippen LogP) is 2.84. The van der Waals surface area contributed by atoms with E-state index in [0.29, 0.717) is 41.8 Å². The van der Waals surface area contributed by atoms with Gasteiger partial charge >= 0.3 is 12.1 Å². The Morgan fingerprint density at radius 2 is 1.34 bits per heavy atom. The van der Waals surface area contributed by atoms with Crippen molar-refractivity contribution >= 4 is 71.0 Å². The second-order valence-corrected chi connectivity index (χ2v) is 24.9. The van der Waals surface area contributed by atoms with Crippen molar-refractivity contribution in [3.63, 3.8) is 0 Å². The summed E-state index contributed by atoms with van der Waals surface area (Å²) in [5.41, 5.74) is 12.5. The number of amides is 12. The largest absolute Gasteiger partial charge is 0.445 e. The van der Waals surface area contributed by atoms with Crippen LogP contribution in [0.5, 0.6) is 0 Å². The molecular formula is C65H100N12O15. The zero-order valence-corrected chi connectivity index (χ0v) is 55.8. The van der Waals surface area contributed by atoms with E-state index in [4.69, 9.17) is 25.7 Å². The summed E-state index contributed by atoms with van der Waals surface area (Å²) in [5, 5.41) is 27.2. The molecule has 2 aliphatic heterocycles. The molecule has 0 spiro atoms. The molecule has 1 saturated heterocycles. The molecule has 0 bridgehead atoms. The number of nitrogens with zero attached hydrogens (tertiary/aromatic N) is 4. The van der Waals surface area contributed by atoms with E-state index in [-0.39, 0.29) is 55.8 Å². The Bertz CT molecular complexity index is 2860. The molecule has 2 aliphatic rings. The summed E-state index contributed by atoms with van der Waals surface area (Å²) in [6.45, 7) is 17.6. The molecule has 92 heavy (non-hydrogen) atoms. The molecule has 4 rings (SSSR count). The number of benzene rings is 2. The average Bonchev–Trinajstić information content (AvgIpc) is 1.42. The molecule has 2 heterocycles. The topological polar surface area (TPSA) is 373 Å². The van der Waals surface area contributed by atoms with E-state index in [0.717, 1.165) is 17.1 Å². The second kappa shape index (κ2) is 36.3. The van der Waals surface area contributed by atoms with Gasteiger partial charge in [0.2, 0.25) is 41.4 Å². The van der Waals surface area contributed by atoms with E-state index >= 15 is 0 Å². The summed E-state index contributed by atoms with van der Waals surface area (Å²) in [5.74, 6) is -7.68. The number of anilines is 1. The molecule has 27 heteroatoms. The molecular weight excluding hydrogens is 1190 g/mol. The Morgan fingerprint density at radius 1 is 0.728 bits per heavy atom. The molecule has 2 aromatic rings. The third-order valence-electron chi connectivity index (χ3n) is 17.2. The van der Waals surface area contributed by atoms with Crippen LogP contribution in [0.3, 0.4) is 0 Å². The van der Waals surface area contributed by atoms with Gasteiger partial charge in [-0.25, -0.2) is 9.59 Å². The van der Waals surface area contributed by atoms with Crippen molar-refractivity contribution in [2.24, 2.45) is 41.1 Å². The van der Waals surface area contributed by atoms with Crippen LogP contribution in [-0.4, -0.2) is 198 Å². The number of rotatable bonds is 35. The lowest BCUT2D eigenvalue weighted by Crippen LogP contribution is -2.60. The van der Waals surface area contributed by atoms with Crippen molar-refractivity contribution in [3.8, 4) is 0 Å². The third-order valence-corrected chi connectivity index (χ3v) is 17.2. The first-order chi connectivity index (χ1) is 43.4. The zero-order valence-electron chi connectivity index (χ0n) is 55.8. The fourth-order valence-electron chi connectivity index (χ4n) is 11.7. The number of primary amides is 1. The standard InChI is InChI=1S/C65H100N12O15/c1-15-39(8)55(48(90-13)33-51(80)76-32-20-24-46(76)57(91-14)40(9)58(82)69-41(10)56(81)43-21-17-16-18-22-43)74(11)63(87)53(37(4)5)73-62(86)54(38(6)7)75(12)65(89)92-35-42-25-27-44(28-26-42)70-59(83)45(23-19-31-68-64(67)88)71-61(85)52(36(2)3)72-60(84)47(34-66)77-49(78)29-30-50(77)79/h16-18,21-22,25-30,36-41,45-48,52-57,81H,15,19-20,23-24,31-35,66H2,1-14H3,(H,69,82)(H,70,83)(H,71,85)(H,72,84)(H,73,86)(H3,67,68,88). The molecule has 0 aromatic heterocycles. The summed E-state index contributed by atoms with van der Waals surface area (Å²) in [7, 11) is 6.05. The number of imide groups is 1. The van der Waals surface area contributed by atoms with E-state index < -0.39 is 150 Å². The number of aliphatic hydroxyl groups excluding tert-OH is 1. The summed E-state index contributed by atoms with van der Waals surface area (Å²) in [6, 6.07) is 6.77. The van der Waals surface area contributed by atoms with E-state index in [1.54, 1.807) is 91.6 Å². The summed E-state index contributed by atoms with van der Waals surface area (Å²) in [4.78, 5) is 153. The predicted molar refractivity (Wildman–Crippen MR) is 343 cm³/mol. The van der Waals surface area contributed by atoms with E-state index in [1.807, 2.05) is 32.0 Å². The van der Waals surface area contributed by atoms with Gasteiger partial charge in [0.1, 0.15) is 36.8 Å². The maximum atomic E-state index is 14.8. The van der Waals surface area contributed by atoms with Crippen LogP contribution in [0.2, 0.25) is 0 Å². The minimum Gasteiger partial charge on any atom is -0.445 e. The molecule has 13 unspecified atom stereocenters. The van der Waals surface area contributed by atoms with Crippen LogP contribution in [0.25, 0.3) is 0 Å². The molecule has 0 saturated carbocycles. The maximum absolute atomic E-state index is 14.8. The number of nitrogens with two attached hydrogens (primary N) is 2. The van der Waals surface area contributed by atoms with Crippen molar-refractivity contribution in [2.75, 3.05) is 53.3 Å². The van der Waals surface area contributed by atoms with Crippen LogP contribution in [0, 0.1) is 29.6 Å². The third kappa shape index (κ3) is 20.8. The molecule has 12 amide bonds. The molecule has 1 fully saturated rings. The fourth-order valence-corrected chi connectivity index (χ4v) is 11.7. The van der Waals surface area contributed by atoms with E-state index in [1.165, 1.54) is 38.3 Å². The molecule has 11 N–H and O–H groups in total. The first kappa shape index (κ1) is 76.4. The Hall–Kier alpha value is -8.01. The van der Waals surface area contributed by atoms with Gasteiger partial charge in [-0.3, -0.25) is 53.0 Å². The Morgan fingerprint density at radius 3 is 1.88 bits per heavy atom. The number of methoxy groups -OCH3 is 2. The van der Waals surface area contributed by atoms with Gasteiger partial charge in [-0.05, 0) is 79.5 Å². The monoisotopic (exact) mass is 1290 g/mol. The van der Waals surface area contributed by atoms with Crippen LogP contribution in [0.15, 0.2) is 66.7 Å². The first-order valence-corrected chi connectivity index (χ1v) is 31.6. The molecule has 0 aliphatic carbocycles. The van der Waals surface area contributed by atoms with Gasteiger partial charge in [0.15, 0.2) is 0 Å². The van der Waals surface area contributed by atoms with Crippen molar-refractivity contribution in [3.05, 3.63) is 77.9 Å². The highest BCUT2D eigenvalue weighted by Crippen LogP contribution is 2.31. The number of likely N-dealkylation sites (tertiary alicyclic amines) is 1. The van der Waals surface area contributed by atoms with Crippen molar-refractivity contribution in [1.82, 2.24) is 46.2 Å². The van der Waals surface area contributed by atoms with Gasteiger partial charge in [0.25, 0.3) is 11.8 Å². The number of hydrogen-bond donors (Lipinski definition) is 9. The van der Waals surface area contributed by atoms with Crippen LogP contribution in [-0.2, 0) is 64.0 Å². The molecule has 13 atom stereocenters. The van der Waals surface area contributed by atoms with E-state index in [2.05, 4.69) is 31.9 Å². The lowest BCUT2D eigenvalue weighted by molar-refractivity contribution is -0.148. The van der Waals surface area contributed by atoms with Gasteiger partial charge in [0, 0.05) is 65.8 Å². The smallest absolute Gasteiger partial charge is 0.410 e. The highest BCUT2D eigenvalue weighted by Gasteiger charge is 2.45. The molecule has 510 valence electrons. The molecule has 27 nitrogen and oxygen atoms in total. The average molecular weight is 1290 g/mol. The minimum absolute atomic E-state index is 0.0110. The number of nitrogens with one attached hydrogen (secondary N) is 6. The van der Waals surface area contributed by atoms with Crippen molar-refractivity contribution in [2.45, 2.75) is 181 Å². The van der Waals surface area contributed by atoms with Crippen LogP contribution in [0.1, 0.15) is 125 Å². The Kier molecular flexibility index (Phi) is 30.2. The zero-order chi connectivity index (χ0) is 68.8. The van der Waals surface area contributed by atoms with Gasteiger partial charge in [-0.1, -0.05) is 111 Å². The van der Waals surface area contributed by atoms with Crippen molar-refractivity contribution in [1.29, 1.82) is 0 Å². The maximum Gasteiger partial charge on any atom is 0.410 e. The summed E-state index contributed by atoms with van der Waals surface area (Å²) in [6.07, 6.45) is 0.745. The summed E-state index contributed by atoms with van der Waals surface area (Å²) >= 11 is 0. The highest BCUT2D eigenvalue weighted by atomic mass is 16.6. The molecule has 2 aromatic carbocycles. The van der Waals surface area contributed by atoms with Gasteiger partial charge in [-0.15, -0.1) is 0 Å². The number of likely N-dealkylation sites (N-methyl/N-ethyl adjacent to an activating group) is 2. The van der Waals surface area contributed by atoms with Crippen LogP contribution < -0.4 is 43.4 Å². The SMILES string of the molecule is CCC(C)C(C(CC(=O)N1CCCC1C(OC)C(C)C(=O)NC(C)C(O)c1ccccc1)OC)N(C)C(=O)C(NC(=O)C(C(C)C)N(C)C(=O)OCc1ccc(NC(=O)C(CCCNC(N)=O)NC(=O)C(NC(=O)C(CN)N2C(=O)C=CC2=O)C(C)C)cc1)C(C)C. The highest BCUT2D eigenvalue weighted by molar-refractivity contribution is 6.15. The fraction of sp³-hybridized carbons (Fsp3) is 0.615. The second-order valence-electron chi connectivity index (χ2n) is 24.9. The first-order valence-electron chi connectivity index (χ1n) is 31.6. The van der Waals surface area contributed by atoms with E-state index in [9.17, 15) is 57.8 Å². The number of urea groups is 1. The normalized spacial score (nSPS) is 17.9. The Labute approximate surface area is 540 Å².